The van der Waals surface area contributed by atoms with Crippen molar-refractivity contribution in [1.29, 1.82) is 0 Å². The summed E-state index contributed by atoms with van der Waals surface area (Å²) in [5, 5.41) is 0.604. The Morgan fingerprint density at radius 1 is 1.09 bits per heavy atom. The van der Waals surface area contributed by atoms with E-state index in [-0.39, 0.29) is 23.2 Å². The van der Waals surface area contributed by atoms with E-state index in [1.165, 1.54) is 17.6 Å². The minimum absolute atomic E-state index is 0. The van der Waals surface area contributed by atoms with E-state index in [2.05, 4.69) is 23.7 Å². The number of hydrogen-bond donors (Lipinski definition) is 0. The summed E-state index contributed by atoms with van der Waals surface area (Å²) in [6.45, 7) is 7.30. The fraction of sp³-hybridized carbons (Fsp3) is 0.417. The van der Waals surface area contributed by atoms with Gasteiger partial charge in [-0.2, -0.15) is 0 Å². The highest BCUT2D eigenvalue weighted by molar-refractivity contribution is 7.99. The number of sulfone groups is 1. The van der Waals surface area contributed by atoms with Crippen molar-refractivity contribution in [2.75, 3.05) is 50.2 Å². The number of halogens is 1. The van der Waals surface area contributed by atoms with Crippen LogP contribution >= 0.6 is 35.5 Å². The third-order valence-corrected chi connectivity index (χ3v) is 8.65. The fourth-order valence-electron chi connectivity index (χ4n) is 3.41. The molecule has 0 fully saturated rings. The number of likely N-dealkylation sites (N-methyl/N-ethyl adjacent to an activating group) is 1. The minimum Gasteiger partial charge on any atom is -0.497 e. The number of fused-ring (bicyclic) bond motifs is 1. The number of thioether (sulfide) groups is 1. The number of benzene rings is 2. The maximum Gasteiger partial charge on any atom is 0.229 e. The number of amides is 1. The second-order valence-corrected chi connectivity index (χ2v) is 11.9. The van der Waals surface area contributed by atoms with Gasteiger partial charge in [0.2, 0.25) is 5.91 Å². The standard InChI is InChI=1S/C24H31N3O4S3.ClH/c1-5-26(6-2)14-15-27(23(28)13-16-32-19-9-7-18(31-3)8-10-19)24-25-21-12-11-20(34(4,29)30)17-22(21)33-24;/h7-12,17H,5-6,13-16H2,1-4H3;1H. The van der Waals surface area contributed by atoms with Crippen LogP contribution < -0.4 is 9.64 Å². The molecule has 0 spiro atoms. The van der Waals surface area contributed by atoms with E-state index in [0.29, 0.717) is 29.4 Å². The highest BCUT2D eigenvalue weighted by Crippen LogP contribution is 2.31. The van der Waals surface area contributed by atoms with Crippen LogP contribution in [0.2, 0.25) is 0 Å². The number of ether oxygens (including phenoxy) is 1. The van der Waals surface area contributed by atoms with Gasteiger partial charge in [-0.15, -0.1) is 24.2 Å². The van der Waals surface area contributed by atoms with Crippen LogP contribution in [0.4, 0.5) is 5.13 Å². The first-order chi connectivity index (χ1) is 16.2. The van der Waals surface area contributed by atoms with Crippen molar-refractivity contribution in [1.82, 2.24) is 9.88 Å². The zero-order chi connectivity index (χ0) is 24.7. The SMILES string of the molecule is CCN(CC)CCN(C(=O)CCSc1ccc(OC)cc1)c1nc2ccc(S(C)(=O)=O)cc2s1.Cl. The van der Waals surface area contributed by atoms with Crippen LogP contribution in [0.5, 0.6) is 5.75 Å². The number of carbonyl (C=O) groups is 1. The summed E-state index contributed by atoms with van der Waals surface area (Å²) >= 11 is 2.98. The van der Waals surface area contributed by atoms with E-state index in [1.54, 1.807) is 42.0 Å². The largest absolute Gasteiger partial charge is 0.497 e. The van der Waals surface area contributed by atoms with Crippen molar-refractivity contribution in [3.8, 4) is 5.75 Å². The molecule has 0 bridgehead atoms. The van der Waals surface area contributed by atoms with Gasteiger partial charge in [0.1, 0.15) is 5.75 Å². The molecule has 0 aliphatic heterocycles. The summed E-state index contributed by atoms with van der Waals surface area (Å²) in [6, 6.07) is 12.7. The second kappa shape index (κ2) is 13.5. The normalized spacial score (nSPS) is 11.5. The number of anilines is 1. The zero-order valence-corrected chi connectivity index (χ0v) is 23.7. The number of thiazole rings is 1. The molecule has 2 aromatic carbocycles. The number of rotatable bonds is 12. The van der Waals surface area contributed by atoms with Gasteiger partial charge in [-0.05, 0) is 55.6 Å². The van der Waals surface area contributed by atoms with Gasteiger partial charge in [0.25, 0.3) is 0 Å². The van der Waals surface area contributed by atoms with Gasteiger partial charge in [-0.3, -0.25) is 9.69 Å². The van der Waals surface area contributed by atoms with Gasteiger partial charge < -0.3 is 9.64 Å². The predicted molar refractivity (Wildman–Crippen MR) is 148 cm³/mol. The van der Waals surface area contributed by atoms with Crippen molar-refractivity contribution in [2.24, 2.45) is 0 Å². The Hall–Kier alpha value is -1.85. The lowest BCUT2D eigenvalue weighted by atomic mass is 10.3. The Bertz CT molecular complexity index is 1210. The average molecular weight is 558 g/mol. The topological polar surface area (TPSA) is 79.8 Å². The van der Waals surface area contributed by atoms with Crippen LogP contribution in [0.3, 0.4) is 0 Å². The third-order valence-electron chi connectivity index (χ3n) is 5.49. The molecule has 0 aliphatic carbocycles. The van der Waals surface area contributed by atoms with E-state index in [1.807, 2.05) is 24.3 Å². The van der Waals surface area contributed by atoms with Crippen LogP contribution in [-0.2, 0) is 14.6 Å². The average Bonchev–Trinajstić information content (AvgIpc) is 3.24. The molecule has 0 aliphatic rings. The molecule has 0 atom stereocenters. The zero-order valence-electron chi connectivity index (χ0n) is 20.4. The summed E-state index contributed by atoms with van der Waals surface area (Å²) in [7, 11) is -1.68. The molecule has 3 rings (SSSR count). The Kier molecular flexibility index (Phi) is 11.3. The molecular weight excluding hydrogens is 526 g/mol. The molecule has 0 radical (unpaired) electrons. The van der Waals surface area contributed by atoms with E-state index >= 15 is 0 Å². The molecule has 0 saturated carbocycles. The van der Waals surface area contributed by atoms with Crippen molar-refractivity contribution in [3.63, 3.8) is 0 Å². The fourth-order valence-corrected chi connectivity index (χ4v) is 6.02. The van der Waals surface area contributed by atoms with Gasteiger partial charge in [-0.1, -0.05) is 25.2 Å². The third kappa shape index (κ3) is 8.08. The number of methoxy groups -OCH3 is 1. The maximum absolute atomic E-state index is 13.3. The minimum atomic E-state index is -3.31. The molecule has 0 N–H and O–H groups in total. The molecule has 1 aromatic heterocycles. The molecule has 35 heavy (non-hydrogen) atoms. The van der Waals surface area contributed by atoms with Gasteiger partial charge >= 0.3 is 0 Å². The lowest BCUT2D eigenvalue weighted by Gasteiger charge is -2.24. The van der Waals surface area contributed by atoms with E-state index in [9.17, 15) is 13.2 Å². The monoisotopic (exact) mass is 557 g/mol. The van der Waals surface area contributed by atoms with Crippen LogP contribution in [0.15, 0.2) is 52.3 Å². The number of nitrogens with zero attached hydrogens (tertiary/aromatic N) is 3. The first-order valence-corrected chi connectivity index (χ1v) is 14.8. The van der Waals surface area contributed by atoms with Crippen molar-refractivity contribution in [3.05, 3.63) is 42.5 Å². The lowest BCUT2D eigenvalue weighted by Crippen LogP contribution is -2.39. The van der Waals surface area contributed by atoms with Crippen LogP contribution in [0.1, 0.15) is 20.3 Å². The first kappa shape index (κ1) is 29.4. The van der Waals surface area contributed by atoms with Crippen LogP contribution in [0.25, 0.3) is 10.2 Å². The highest BCUT2D eigenvalue weighted by Gasteiger charge is 2.21. The van der Waals surface area contributed by atoms with Crippen LogP contribution in [0, 0.1) is 0 Å². The first-order valence-electron chi connectivity index (χ1n) is 11.1. The predicted octanol–water partition coefficient (Wildman–Crippen LogP) is 4.99. The smallest absolute Gasteiger partial charge is 0.229 e. The van der Waals surface area contributed by atoms with Gasteiger partial charge in [0.15, 0.2) is 15.0 Å². The Morgan fingerprint density at radius 2 is 1.77 bits per heavy atom. The van der Waals surface area contributed by atoms with Gasteiger partial charge in [-0.25, -0.2) is 13.4 Å². The van der Waals surface area contributed by atoms with Crippen molar-refractivity contribution in [2.45, 2.75) is 30.1 Å². The lowest BCUT2D eigenvalue weighted by molar-refractivity contribution is -0.118. The van der Waals surface area contributed by atoms with E-state index in [0.717, 1.165) is 35.0 Å². The van der Waals surface area contributed by atoms with E-state index < -0.39 is 9.84 Å². The van der Waals surface area contributed by atoms with E-state index in [4.69, 9.17) is 4.74 Å². The molecule has 192 valence electrons. The molecule has 7 nitrogen and oxygen atoms in total. The summed E-state index contributed by atoms with van der Waals surface area (Å²) in [6.07, 6.45) is 1.57. The highest BCUT2D eigenvalue weighted by atomic mass is 35.5. The number of aromatic nitrogens is 1. The summed E-state index contributed by atoms with van der Waals surface area (Å²) in [5.74, 6) is 1.46. The molecular formula is C24H32ClN3O4S3. The number of carbonyl (C=O) groups excluding carboxylic acids is 1. The van der Waals surface area contributed by atoms with Crippen molar-refractivity contribution < 1.29 is 17.9 Å². The summed E-state index contributed by atoms with van der Waals surface area (Å²) in [4.78, 5) is 23.3. The molecule has 0 unspecified atom stereocenters. The van der Waals surface area contributed by atoms with Crippen LogP contribution in [-0.4, -0.2) is 69.5 Å². The van der Waals surface area contributed by atoms with Gasteiger partial charge in [0, 0.05) is 36.4 Å². The second-order valence-electron chi connectivity index (χ2n) is 7.74. The molecule has 1 heterocycles. The summed E-state index contributed by atoms with van der Waals surface area (Å²) < 4.78 is 29.8. The quantitative estimate of drug-likeness (QED) is 0.290. The van der Waals surface area contributed by atoms with Crippen molar-refractivity contribution >= 4 is 66.6 Å². The van der Waals surface area contributed by atoms with Gasteiger partial charge in [0.05, 0.1) is 22.2 Å². The number of hydrogen-bond acceptors (Lipinski definition) is 8. The summed E-state index contributed by atoms with van der Waals surface area (Å²) in [5.41, 5.74) is 0.695. The molecule has 1 amide bonds. The molecule has 3 aromatic rings. The Morgan fingerprint density at radius 3 is 2.37 bits per heavy atom. The molecule has 0 saturated heterocycles. The Labute approximate surface area is 222 Å². The maximum atomic E-state index is 13.3. The molecule has 11 heteroatoms. The Balaban J connectivity index is 0.00000432.